The van der Waals surface area contributed by atoms with E-state index in [1.54, 1.807) is 11.3 Å². The van der Waals surface area contributed by atoms with Crippen LogP contribution in [0, 0.1) is 6.92 Å². The number of hydrogen-bond donors (Lipinski definition) is 1. The zero-order valence-electron chi connectivity index (χ0n) is 9.30. The van der Waals surface area contributed by atoms with E-state index in [9.17, 15) is 0 Å². The maximum atomic E-state index is 5.65. The quantitative estimate of drug-likeness (QED) is 0.869. The third-order valence-corrected chi connectivity index (χ3v) is 2.83. The molecule has 0 saturated heterocycles. The monoisotopic (exact) mass is 238 g/mol. The number of aryl methyl sites for hydroxylation is 1. The molecule has 86 valence electrons. The first kappa shape index (κ1) is 11.2. The van der Waals surface area contributed by atoms with Crippen molar-refractivity contribution in [1.29, 1.82) is 0 Å². The Morgan fingerprint density at radius 3 is 2.94 bits per heavy atom. The summed E-state index contributed by atoms with van der Waals surface area (Å²) in [7, 11) is 0. The average Bonchev–Trinajstić information content (AvgIpc) is 2.76. The molecule has 16 heavy (non-hydrogen) atoms. The van der Waals surface area contributed by atoms with Gasteiger partial charge in [0.1, 0.15) is 0 Å². The van der Waals surface area contributed by atoms with Gasteiger partial charge in [0.15, 0.2) is 5.82 Å². The largest absolute Gasteiger partial charge is 0.339 e. The lowest BCUT2D eigenvalue weighted by Gasteiger charge is -1.96. The summed E-state index contributed by atoms with van der Waals surface area (Å²) in [5, 5.41) is 6.96. The van der Waals surface area contributed by atoms with E-state index in [4.69, 9.17) is 10.3 Å². The molecule has 0 aliphatic rings. The molecular formula is C10H14N4OS. The molecule has 0 aliphatic heterocycles. The van der Waals surface area contributed by atoms with E-state index >= 15 is 0 Å². The van der Waals surface area contributed by atoms with Crippen molar-refractivity contribution in [2.24, 2.45) is 5.73 Å². The molecule has 0 aliphatic carbocycles. The van der Waals surface area contributed by atoms with Gasteiger partial charge in [-0.25, -0.2) is 4.98 Å². The molecule has 2 heterocycles. The predicted octanol–water partition coefficient (Wildman–Crippen LogP) is 1.32. The lowest BCUT2D eigenvalue weighted by atomic mass is 10.2. The number of rotatable bonds is 4. The molecule has 2 aromatic heterocycles. The third-order valence-electron chi connectivity index (χ3n) is 2.01. The van der Waals surface area contributed by atoms with E-state index < -0.39 is 0 Å². The van der Waals surface area contributed by atoms with Crippen LogP contribution in [0.4, 0.5) is 0 Å². The molecule has 0 saturated carbocycles. The smallest absolute Gasteiger partial charge is 0.228 e. The van der Waals surface area contributed by atoms with Crippen molar-refractivity contribution < 1.29 is 4.52 Å². The highest BCUT2D eigenvalue weighted by Crippen LogP contribution is 2.11. The predicted molar refractivity (Wildman–Crippen MR) is 61.3 cm³/mol. The van der Waals surface area contributed by atoms with E-state index in [0.717, 1.165) is 10.7 Å². The van der Waals surface area contributed by atoms with Crippen LogP contribution in [-0.2, 0) is 12.8 Å². The van der Waals surface area contributed by atoms with Crippen LogP contribution < -0.4 is 5.73 Å². The second-order valence-electron chi connectivity index (χ2n) is 3.82. The van der Waals surface area contributed by atoms with Crippen molar-refractivity contribution in [3.8, 4) is 0 Å². The highest BCUT2D eigenvalue weighted by Gasteiger charge is 2.10. The van der Waals surface area contributed by atoms with Gasteiger partial charge in [-0.1, -0.05) is 5.16 Å². The topological polar surface area (TPSA) is 77.8 Å². The first-order valence-electron chi connectivity index (χ1n) is 5.11. The van der Waals surface area contributed by atoms with Crippen molar-refractivity contribution in [2.75, 3.05) is 0 Å². The normalized spacial score (nSPS) is 12.9. The minimum absolute atomic E-state index is 0.0369. The van der Waals surface area contributed by atoms with Gasteiger partial charge in [-0.15, -0.1) is 11.3 Å². The van der Waals surface area contributed by atoms with Crippen molar-refractivity contribution in [2.45, 2.75) is 32.7 Å². The van der Waals surface area contributed by atoms with Crippen LogP contribution in [0.25, 0.3) is 0 Å². The highest BCUT2D eigenvalue weighted by atomic mass is 32.1. The highest BCUT2D eigenvalue weighted by molar-refractivity contribution is 7.09. The molecule has 0 aromatic carbocycles. The van der Waals surface area contributed by atoms with Gasteiger partial charge >= 0.3 is 0 Å². The number of thiazole rings is 1. The van der Waals surface area contributed by atoms with Gasteiger partial charge in [0.25, 0.3) is 0 Å². The first-order chi connectivity index (χ1) is 7.63. The van der Waals surface area contributed by atoms with Gasteiger partial charge < -0.3 is 10.3 Å². The van der Waals surface area contributed by atoms with Crippen molar-refractivity contribution in [1.82, 2.24) is 15.1 Å². The fourth-order valence-electron chi connectivity index (χ4n) is 1.37. The summed E-state index contributed by atoms with van der Waals surface area (Å²) in [5.74, 6) is 1.26. The van der Waals surface area contributed by atoms with Crippen molar-refractivity contribution in [3.05, 3.63) is 27.8 Å². The standard InChI is InChI=1S/C10H14N4OS/c1-6(11)3-10-13-9(14-15-10)4-8-5-16-7(2)12-8/h5-6H,3-4,11H2,1-2H3. The fourth-order valence-corrected chi connectivity index (χ4v) is 1.98. The van der Waals surface area contributed by atoms with Crippen LogP contribution in [0.15, 0.2) is 9.90 Å². The summed E-state index contributed by atoms with van der Waals surface area (Å²) in [5.41, 5.74) is 6.63. The molecule has 6 heteroatoms. The van der Waals surface area contributed by atoms with E-state index in [2.05, 4.69) is 15.1 Å². The maximum absolute atomic E-state index is 5.65. The minimum Gasteiger partial charge on any atom is -0.339 e. The summed E-state index contributed by atoms with van der Waals surface area (Å²) < 4.78 is 5.09. The Hall–Kier alpha value is -1.27. The van der Waals surface area contributed by atoms with Gasteiger partial charge in [0.2, 0.25) is 5.89 Å². The Bertz CT molecular complexity index is 463. The van der Waals surface area contributed by atoms with Crippen LogP contribution in [0.5, 0.6) is 0 Å². The summed E-state index contributed by atoms with van der Waals surface area (Å²) in [6.07, 6.45) is 1.23. The molecule has 5 nitrogen and oxygen atoms in total. The Morgan fingerprint density at radius 2 is 2.31 bits per heavy atom. The van der Waals surface area contributed by atoms with Crippen molar-refractivity contribution >= 4 is 11.3 Å². The fraction of sp³-hybridized carbons (Fsp3) is 0.500. The van der Waals surface area contributed by atoms with E-state index in [1.165, 1.54) is 0 Å². The summed E-state index contributed by atoms with van der Waals surface area (Å²) in [6, 6.07) is 0.0369. The lowest BCUT2D eigenvalue weighted by molar-refractivity contribution is 0.367. The SMILES string of the molecule is Cc1nc(Cc2noc(CC(C)N)n2)cs1. The molecule has 0 amide bonds. The molecule has 1 atom stereocenters. The Balaban J connectivity index is 2.02. The maximum Gasteiger partial charge on any atom is 0.228 e. The zero-order valence-corrected chi connectivity index (χ0v) is 10.1. The molecule has 2 N–H and O–H groups in total. The molecular weight excluding hydrogens is 224 g/mol. The van der Waals surface area contributed by atoms with Crippen LogP contribution in [0.1, 0.15) is 29.3 Å². The Labute approximate surface area is 97.7 Å². The van der Waals surface area contributed by atoms with Gasteiger partial charge in [-0.3, -0.25) is 0 Å². The van der Waals surface area contributed by atoms with E-state index in [0.29, 0.717) is 24.6 Å². The zero-order chi connectivity index (χ0) is 11.5. The molecule has 0 bridgehead atoms. The van der Waals surface area contributed by atoms with Crippen LogP contribution >= 0.6 is 11.3 Å². The van der Waals surface area contributed by atoms with E-state index in [1.807, 2.05) is 19.2 Å². The summed E-state index contributed by atoms with van der Waals surface area (Å²) in [4.78, 5) is 8.61. The second-order valence-corrected chi connectivity index (χ2v) is 4.88. The van der Waals surface area contributed by atoms with E-state index in [-0.39, 0.29) is 6.04 Å². The van der Waals surface area contributed by atoms with Gasteiger partial charge in [-0.2, -0.15) is 4.98 Å². The first-order valence-corrected chi connectivity index (χ1v) is 5.99. The third kappa shape index (κ3) is 2.86. The van der Waals surface area contributed by atoms with Gasteiger partial charge in [-0.05, 0) is 13.8 Å². The summed E-state index contributed by atoms with van der Waals surface area (Å²) in [6.45, 7) is 3.89. The molecule has 0 spiro atoms. The lowest BCUT2D eigenvalue weighted by Crippen LogP contribution is -2.17. The van der Waals surface area contributed by atoms with Crippen LogP contribution in [-0.4, -0.2) is 21.2 Å². The number of aromatic nitrogens is 3. The minimum atomic E-state index is 0.0369. The molecule has 2 aromatic rings. The Morgan fingerprint density at radius 1 is 1.50 bits per heavy atom. The van der Waals surface area contributed by atoms with Crippen LogP contribution in [0.2, 0.25) is 0 Å². The van der Waals surface area contributed by atoms with Crippen molar-refractivity contribution in [3.63, 3.8) is 0 Å². The number of nitrogens with two attached hydrogens (primary N) is 1. The van der Waals surface area contributed by atoms with Gasteiger partial charge in [0, 0.05) is 17.8 Å². The molecule has 0 radical (unpaired) electrons. The summed E-state index contributed by atoms with van der Waals surface area (Å²) >= 11 is 1.62. The molecule has 1 unspecified atom stereocenters. The molecule has 2 rings (SSSR count). The molecule has 0 fully saturated rings. The Kier molecular flexibility index (Phi) is 3.31. The number of nitrogens with zero attached hydrogens (tertiary/aromatic N) is 3. The number of hydrogen-bond acceptors (Lipinski definition) is 6. The second kappa shape index (κ2) is 4.71. The van der Waals surface area contributed by atoms with Gasteiger partial charge in [0.05, 0.1) is 17.1 Å². The average molecular weight is 238 g/mol. The van der Waals surface area contributed by atoms with Crippen LogP contribution in [0.3, 0.4) is 0 Å².